The lowest BCUT2D eigenvalue weighted by Crippen LogP contribution is -2.30. The zero-order valence-corrected chi connectivity index (χ0v) is 6.27. The first kappa shape index (κ1) is 8.89. The van der Waals surface area contributed by atoms with Crippen LogP contribution in [0.2, 0.25) is 0 Å². The minimum absolute atomic E-state index is 0.106. The molecule has 0 amide bonds. The second-order valence-corrected chi connectivity index (χ2v) is 2.45. The van der Waals surface area contributed by atoms with Crippen molar-refractivity contribution < 1.29 is 25.2 Å². The highest BCUT2D eigenvalue weighted by Gasteiger charge is 2.35. The summed E-state index contributed by atoms with van der Waals surface area (Å²) >= 11 is 0. The standard InChI is InChI=1S/C7H10O5/c1-3-5(10)6(11)7(12-3)4(9)2-8/h4,7-11H,1-2H2/t4-,7+/m0/s1. The molecule has 1 rings (SSSR count). The van der Waals surface area contributed by atoms with Crippen molar-refractivity contribution in [3.05, 3.63) is 23.9 Å². The molecular weight excluding hydrogens is 164 g/mol. The van der Waals surface area contributed by atoms with E-state index in [2.05, 4.69) is 6.58 Å². The van der Waals surface area contributed by atoms with E-state index in [4.69, 9.17) is 25.2 Å². The zero-order chi connectivity index (χ0) is 9.30. The average molecular weight is 174 g/mol. The Morgan fingerprint density at radius 2 is 2.08 bits per heavy atom. The average Bonchev–Trinajstić information content (AvgIpc) is 2.32. The summed E-state index contributed by atoms with van der Waals surface area (Å²) in [5.74, 6) is -1.08. The van der Waals surface area contributed by atoms with E-state index in [1.54, 1.807) is 0 Å². The van der Waals surface area contributed by atoms with Crippen LogP contribution < -0.4 is 0 Å². The summed E-state index contributed by atoms with van der Waals surface area (Å²) in [6, 6.07) is 0. The van der Waals surface area contributed by atoms with Gasteiger partial charge in [0, 0.05) is 0 Å². The van der Waals surface area contributed by atoms with Crippen molar-refractivity contribution in [2.45, 2.75) is 12.2 Å². The Bertz CT molecular complexity index is 232. The third-order valence-electron chi connectivity index (χ3n) is 1.58. The molecule has 5 heteroatoms. The molecule has 0 radical (unpaired) electrons. The first-order valence-electron chi connectivity index (χ1n) is 3.35. The van der Waals surface area contributed by atoms with E-state index >= 15 is 0 Å². The lowest BCUT2D eigenvalue weighted by molar-refractivity contribution is -0.0164. The second-order valence-electron chi connectivity index (χ2n) is 2.45. The van der Waals surface area contributed by atoms with Crippen LogP contribution in [-0.2, 0) is 4.74 Å². The Hall–Kier alpha value is -1.20. The summed E-state index contributed by atoms with van der Waals surface area (Å²) in [6.45, 7) is 2.71. The van der Waals surface area contributed by atoms with E-state index in [9.17, 15) is 0 Å². The van der Waals surface area contributed by atoms with Crippen LogP contribution in [0.15, 0.2) is 23.9 Å². The summed E-state index contributed by atoms with van der Waals surface area (Å²) in [5, 5.41) is 35.6. The van der Waals surface area contributed by atoms with Crippen molar-refractivity contribution in [2.24, 2.45) is 0 Å². The largest absolute Gasteiger partial charge is 0.505 e. The van der Waals surface area contributed by atoms with Gasteiger partial charge in [-0.25, -0.2) is 0 Å². The van der Waals surface area contributed by atoms with Gasteiger partial charge in [0.25, 0.3) is 0 Å². The normalized spacial score (nSPS) is 25.8. The molecule has 1 aliphatic rings. The van der Waals surface area contributed by atoms with Crippen LogP contribution in [0.3, 0.4) is 0 Å². The Labute approximate surface area is 68.8 Å². The molecule has 0 spiro atoms. The molecule has 0 aliphatic carbocycles. The SMILES string of the molecule is C=C1O[C@H]([C@@H](O)CO)C(O)=C1O. The van der Waals surface area contributed by atoms with Gasteiger partial charge in [-0.1, -0.05) is 6.58 Å². The predicted molar refractivity (Wildman–Crippen MR) is 39.4 cm³/mol. The fraction of sp³-hybridized carbons (Fsp3) is 0.429. The molecular formula is C7H10O5. The number of rotatable bonds is 2. The number of hydrogen-bond donors (Lipinski definition) is 4. The Balaban J connectivity index is 2.80. The summed E-state index contributed by atoms with van der Waals surface area (Å²) in [5.41, 5.74) is 0. The minimum Gasteiger partial charge on any atom is -0.505 e. The molecule has 0 saturated carbocycles. The quantitative estimate of drug-likeness (QED) is 0.456. The molecule has 0 aromatic carbocycles. The molecule has 2 atom stereocenters. The van der Waals surface area contributed by atoms with Crippen molar-refractivity contribution in [2.75, 3.05) is 6.61 Å². The third-order valence-corrected chi connectivity index (χ3v) is 1.58. The van der Waals surface area contributed by atoms with Crippen molar-refractivity contribution >= 4 is 0 Å². The highest BCUT2D eigenvalue weighted by Crippen LogP contribution is 2.27. The maximum Gasteiger partial charge on any atom is 0.199 e. The monoisotopic (exact) mass is 174 g/mol. The smallest absolute Gasteiger partial charge is 0.199 e. The lowest BCUT2D eigenvalue weighted by atomic mass is 10.2. The molecule has 1 aliphatic heterocycles. The van der Waals surface area contributed by atoms with Crippen molar-refractivity contribution in [1.29, 1.82) is 0 Å². The van der Waals surface area contributed by atoms with Crippen LogP contribution in [0.4, 0.5) is 0 Å². The van der Waals surface area contributed by atoms with Gasteiger partial charge in [0.05, 0.1) is 6.61 Å². The summed E-state index contributed by atoms with van der Waals surface area (Å²) in [4.78, 5) is 0. The molecule has 0 aromatic rings. The summed E-state index contributed by atoms with van der Waals surface area (Å²) in [6.07, 6.45) is -2.37. The van der Waals surface area contributed by atoms with Gasteiger partial charge in [0.1, 0.15) is 6.10 Å². The number of hydrogen-bond acceptors (Lipinski definition) is 5. The minimum atomic E-state index is -1.26. The molecule has 0 unspecified atom stereocenters. The first-order chi connectivity index (χ1) is 5.57. The van der Waals surface area contributed by atoms with Crippen LogP contribution in [0.5, 0.6) is 0 Å². The van der Waals surface area contributed by atoms with E-state index in [0.29, 0.717) is 0 Å². The molecule has 0 bridgehead atoms. The zero-order valence-electron chi connectivity index (χ0n) is 6.27. The van der Waals surface area contributed by atoms with Gasteiger partial charge < -0.3 is 25.2 Å². The number of aliphatic hydroxyl groups is 4. The Morgan fingerprint density at radius 1 is 1.50 bits per heavy atom. The summed E-state index contributed by atoms with van der Waals surface area (Å²) in [7, 11) is 0. The van der Waals surface area contributed by atoms with Crippen molar-refractivity contribution in [3.63, 3.8) is 0 Å². The van der Waals surface area contributed by atoms with Gasteiger partial charge >= 0.3 is 0 Å². The Kier molecular flexibility index (Phi) is 2.25. The van der Waals surface area contributed by atoms with Gasteiger partial charge in [-0.3, -0.25) is 0 Å². The highest BCUT2D eigenvalue weighted by atomic mass is 16.5. The van der Waals surface area contributed by atoms with Gasteiger partial charge in [-0.2, -0.15) is 0 Å². The Morgan fingerprint density at radius 3 is 2.42 bits per heavy atom. The van der Waals surface area contributed by atoms with Crippen LogP contribution in [0, 0.1) is 0 Å². The van der Waals surface area contributed by atoms with E-state index in [1.165, 1.54) is 0 Å². The second kappa shape index (κ2) is 3.04. The van der Waals surface area contributed by atoms with E-state index in [1.807, 2.05) is 0 Å². The maximum atomic E-state index is 9.10. The van der Waals surface area contributed by atoms with Gasteiger partial charge in [0.2, 0.25) is 0 Å². The predicted octanol–water partition coefficient (Wildman–Crippen LogP) is -0.420. The van der Waals surface area contributed by atoms with Crippen LogP contribution in [-0.4, -0.2) is 39.2 Å². The molecule has 1 heterocycles. The molecule has 0 saturated heterocycles. The molecule has 5 nitrogen and oxygen atoms in total. The molecule has 4 N–H and O–H groups in total. The lowest BCUT2D eigenvalue weighted by Gasteiger charge is -2.15. The van der Waals surface area contributed by atoms with Crippen molar-refractivity contribution in [3.8, 4) is 0 Å². The first-order valence-corrected chi connectivity index (χ1v) is 3.35. The fourth-order valence-corrected chi connectivity index (χ4v) is 0.899. The fourth-order valence-electron chi connectivity index (χ4n) is 0.899. The molecule has 12 heavy (non-hydrogen) atoms. The number of aliphatic hydroxyl groups excluding tert-OH is 4. The molecule has 0 fully saturated rings. The van der Waals surface area contributed by atoms with Crippen LogP contribution in [0.1, 0.15) is 0 Å². The molecule has 68 valence electrons. The van der Waals surface area contributed by atoms with Crippen LogP contribution in [0.25, 0.3) is 0 Å². The van der Waals surface area contributed by atoms with E-state index in [0.717, 1.165) is 0 Å². The maximum absolute atomic E-state index is 9.10. The number of ether oxygens (including phenoxy) is 1. The third kappa shape index (κ3) is 1.24. The van der Waals surface area contributed by atoms with E-state index < -0.39 is 30.3 Å². The van der Waals surface area contributed by atoms with Gasteiger partial charge in [0.15, 0.2) is 23.4 Å². The highest BCUT2D eigenvalue weighted by molar-refractivity contribution is 5.28. The van der Waals surface area contributed by atoms with Gasteiger partial charge in [-0.15, -0.1) is 0 Å². The van der Waals surface area contributed by atoms with Crippen molar-refractivity contribution in [1.82, 2.24) is 0 Å². The van der Waals surface area contributed by atoms with Crippen LogP contribution >= 0.6 is 0 Å². The topological polar surface area (TPSA) is 90.2 Å². The summed E-state index contributed by atoms with van der Waals surface area (Å²) < 4.78 is 4.76. The van der Waals surface area contributed by atoms with E-state index in [-0.39, 0.29) is 5.76 Å². The van der Waals surface area contributed by atoms with Gasteiger partial charge in [-0.05, 0) is 0 Å². The molecule has 0 aromatic heterocycles.